The zero-order chi connectivity index (χ0) is 16.2. The van der Waals surface area contributed by atoms with Gasteiger partial charge in [0.25, 0.3) is 5.88 Å². The largest absolute Gasteiger partial charge is 0.470 e. The molecule has 0 saturated heterocycles. The molecule has 0 fully saturated rings. The van der Waals surface area contributed by atoms with Crippen molar-refractivity contribution in [2.24, 2.45) is 0 Å². The molecule has 0 spiro atoms. The summed E-state index contributed by atoms with van der Waals surface area (Å²) in [5.74, 6) is 0.562. The Morgan fingerprint density at radius 3 is 2.87 bits per heavy atom. The Morgan fingerprint density at radius 1 is 1.26 bits per heavy atom. The highest BCUT2D eigenvalue weighted by Crippen LogP contribution is 2.30. The molecule has 23 heavy (non-hydrogen) atoms. The molecule has 3 heterocycles. The second-order valence-electron chi connectivity index (χ2n) is 5.45. The number of pyridine rings is 1. The van der Waals surface area contributed by atoms with Crippen molar-refractivity contribution in [3.05, 3.63) is 59.7 Å². The lowest BCUT2D eigenvalue weighted by Crippen LogP contribution is -2.03. The SMILES string of the molecule is CC=CCn1c(C)c(C)c2cnnc(OCc3cccnc3)c21. The number of aromatic nitrogens is 4. The minimum Gasteiger partial charge on any atom is -0.470 e. The van der Waals surface area contributed by atoms with Crippen LogP contribution in [0.3, 0.4) is 0 Å². The normalized spacial score (nSPS) is 11.4. The molecule has 0 aliphatic rings. The van der Waals surface area contributed by atoms with Gasteiger partial charge in [-0.05, 0) is 32.4 Å². The van der Waals surface area contributed by atoms with Gasteiger partial charge in [0.1, 0.15) is 12.1 Å². The maximum Gasteiger partial charge on any atom is 0.258 e. The third-order valence-electron chi connectivity index (χ3n) is 4.04. The van der Waals surface area contributed by atoms with Crippen LogP contribution in [0.25, 0.3) is 10.9 Å². The summed E-state index contributed by atoms with van der Waals surface area (Å²) in [7, 11) is 0. The van der Waals surface area contributed by atoms with E-state index in [0.29, 0.717) is 12.5 Å². The Kier molecular flexibility index (Phi) is 4.37. The molecule has 5 nitrogen and oxygen atoms in total. The maximum atomic E-state index is 5.94. The van der Waals surface area contributed by atoms with Gasteiger partial charge < -0.3 is 9.30 Å². The van der Waals surface area contributed by atoms with Crippen LogP contribution >= 0.6 is 0 Å². The van der Waals surface area contributed by atoms with Crippen molar-refractivity contribution in [2.75, 3.05) is 0 Å². The highest BCUT2D eigenvalue weighted by atomic mass is 16.5. The van der Waals surface area contributed by atoms with Gasteiger partial charge >= 0.3 is 0 Å². The minimum atomic E-state index is 0.425. The van der Waals surface area contributed by atoms with Crippen LogP contribution in [0.5, 0.6) is 5.88 Å². The molecule has 118 valence electrons. The molecule has 0 aliphatic carbocycles. The quantitative estimate of drug-likeness (QED) is 0.676. The van der Waals surface area contributed by atoms with Gasteiger partial charge in [0.15, 0.2) is 0 Å². The fourth-order valence-corrected chi connectivity index (χ4v) is 2.63. The topological polar surface area (TPSA) is 52.8 Å². The van der Waals surface area contributed by atoms with E-state index in [2.05, 4.69) is 39.7 Å². The summed E-state index contributed by atoms with van der Waals surface area (Å²) in [4.78, 5) is 4.11. The second kappa shape index (κ2) is 6.60. The number of hydrogen-bond donors (Lipinski definition) is 0. The van der Waals surface area contributed by atoms with E-state index in [4.69, 9.17) is 4.74 Å². The van der Waals surface area contributed by atoms with Gasteiger partial charge in [0, 0.05) is 35.6 Å². The predicted octanol–water partition coefficient (Wildman–Crippen LogP) is 3.60. The number of allylic oxidation sites excluding steroid dienone is 2. The molecular formula is C18H20N4O. The van der Waals surface area contributed by atoms with Crippen molar-refractivity contribution >= 4 is 10.9 Å². The van der Waals surface area contributed by atoms with Crippen LogP contribution in [0.15, 0.2) is 42.9 Å². The average molecular weight is 308 g/mol. The fourth-order valence-electron chi connectivity index (χ4n) is 2.63. The zero-order valence-corrected chi connectivity index (χ0v) is 13.7. The third kappa shape index (κ3) is 2.95. The summed E-state index contributed by atoms with van der Waals surface area (Å²) in [5.41, 5.74) is 4.42. The molecule has 0 saturated carbocycles. The number of rotatable bonds is 5. The molecule has 3 rings (SSSR count). The van der Waals surface area contributed by atoms with Gasteiger partial charge in [-0.1, -0.05) is 18.2 Å². The van der Waals surface area contributed by atoms with E-state index in [1.54, 1.807) is 18.6 Å². The van der Waals surface area contributed by atoms with Crippen molar-refractivity contribution < 1.29 is 4.74 Å². The molecule has 5 heteroatoms. The molecule has 0 N–H and O–H groups in total. The first-order valence-electron chi connectivity index (χ1n) is 7.66. The Hall–Kier alpha value is -2.69. The van der Waals surface area contributed by atoms with Gasteiger partial charge in [-0.3, -0.25) is 4.98 Å². The number of nitrogens with zero attached hydrogens (tertiary/aromatic N) is 4. The average Bonchev–Trinajstić information content (AvgIpc) is 2.84. The van der Waals surface area contributed by atoms with Crippen LogP contribution in [-0.2, 0) is 13.2 Å². The summed E-state index contributed by atoms with van der Waals surface area (Å²) in [5, 5.41) is 9.39. The van der Waals surface area contributed by atoms with Crippen LogP contribution in [0.4, 0.5) is 0 Å². The van der Waals surface area contributed by atoms with Gasteiger partial charge in [-0.15, -0.1) is 5.10 Å². The molecule has 0 unspecified atom stereocenters. The van der Waals surface area contributed by atoms with Crippen molar-refractivity contribution in [1.82, 2.24) is 19.7 Å². The van der Waals surface area contributed by atoms with Crippen LogP contribution in [-0.4, -0.2) is 19.7 Å². The van der Waals surface area contributed by atoms with Gasteiger partial charge in [-0.25, -0.2) is 0 Å². The molecule has 0 aromatic carbocycles. The molecule has 3 aromatic heterocycles. The van der Waals surface area contributed by atoms with Crippen molar-refractivity contribution in [1.29, 1.82) is 0 Å². The van der Waals surface area contributed by atoms with E-state index in [9.17, 15) is 0 Å². The molecule has 0 aliphatic heterocycles. The summed E-state index contributed by atoms with van der Waals surface area (Å²) >= 11 is 0. The number of ether oxygens (including phenoxy) is 1. The number of aryl methyl sites for hydroxylation is 1. The Balaban J connectivity index is 2.01. The van der Waals surface area contributed by atoms with Crippen LogP contribution in [0.1, 0.15) is 23.7 Å². The van der Waals surface area contributed by atoms with E-state index in [1.807, 2.05) is 25.1 Å². The number of hydrogen-bond acceptors (Lipinski definition) is 4. The first-order valence-corrected chi connectivity index (χ1v) is 7.66. The molecule has 3 aromatic rings. The minimum absolute atomic E-state index is 0.425. The molecule has 0 atom stereocenters. The third-order valence-corrected chi connectivity index (χ3v) is 4.04. The van der Waals surface area contributed by atoms with E-state index in [1.165, 1.54) is 11.3 Å². The van der Waals surface area contributed by atoms with Crippen molar-refractivity contribution in [3.63, 3.8) is 0 Å². The van der Waals surface area contributed by atoms with Gasteiger partial charge in [0.05, 0.1) is 6.20 Å². The standard InChI is InChI=1S/C18H20N4O/c1-4-5-9-22-14(3)13(2)16-11-20-21-18(17(16)22)23-12-15-7-6-8-19-10-15/h4-8,10-11H,9,12H2,1-3H3. The molecule has 0 amide bonds. The first kappa shape index (κ1) is 15.2. The lowest BCUT2D eigenvalue weighted by atomic mass is 10.2. The summed E-state index contributed by atoms with van der Waals surface area (Å²) < 4.78 is 8.16. The summed E-state index contributed by atoms with van der Waals surface area (Å²) in [6.45, 7) is 7.46. The Bertz CT molecular complexity index is 837. The van der Waals surface area contributed by atoms with Crippen LogP contribution in [0, 0.1) is 13.8 Å². The monoisotopic (exact) mass is 308 g/mol. The van der Waals surface area contributed by atoms with Crippen molar-refractivity contribution in [2.45, 2.75) is 33.9 Å². The second-order valence-corrected chi connectivity index (χ2v) is 5.45. The predicted molar refractivity (Wildman–Crippen MR) is 90.4 cm³/mol. The van der Waals surface area contributed by atoms with E-state index in [0.717, 1.165) is 23.0 Å². The van der Waals surface area contributed by atoms with Crippen molar-refractivity contribution in [3.8, 4) is 5.88 Å². The maximum absolute atomic E-state index is 5.94. The summed E-state index contributed by atoms with van der Waals surface area (Å²) in [6, 6.07) is 3.88. The molecule has 0 radical (unpaired) electrons. The smallest absolute Gasteiger partial charge is 0.258 e. The highest BCUT2D eigenvalue weighted by Gasteiger charge is 2.16. The van der Waals surface area contributed by atoms with Crippen LogP contribution in [0.2, 0.25) is 0 Å². The summed E-state index contributed by atoms with van der Waals surface area (Å²) in [6.07, 6.45) is 9.52. The zero-order valence-electron chi connectivity index (χ0n) is 13.7. The number of fused-ring (bicyclic) bond motifs is 1. The Labute approximate surface area is 135 Å². The van der Waals surface area contributed by atoms with Gasteiger partial charge in [-0.2, -0.15) is 5.10 Å². The Morgan fingerprint density at radius 2 is 2.13 bits per heavy atom. The van der Waals surface area contributed by atoms with E-state index in [-0.39, 0.29) is 0 Å². The lowest BCUT2D eigenvalue weighted by molar-refractivity contribution is 0.292. The molecular weight excluding hydrogens is 288 g/mol. The fraction of sp³-hybridized carbons (Fsp3) is 0.278. The van der Waals surface area contributed by atoms with Crippen LogP contribution < -0.4 is 4.74 Å². The highest BCUT2D eigenvalue weighted by molar-refractivity contribution is 5.88. The van der Waals surface area contributed by atoms with E-state index < -0.39 is 0 Å². The first-order chi connectivity index (χ1) is 11.2. The molecule has 0 bridgehead atoms. The lowest BCUT2D eigenvalue weighted by Gasteiger charge is -2.09. The van der Waals surface area contributed by atoms with E-state index >= 15 is 0 Å². The van der Waals surface area contributed by atoms with Gasteiger partial charge in [0.2, 0.25) is 0 Å².